The summed E-state index contributed by atoms with van der Waals surface area (Å²) >= 11 is 1.68. The second-order valence-corrected chi connectivity index (χ2v) is 6.60. The molecular formula is C15H22N4S. The van der Waals surface area contributed by atoms with Crippen molar-refractivity contribution in [1.29, 1.82) is 0 Å². The van der Waals surface area contributed by atoms with Gasteiger partial charge in [0.05, 0.1) is 10.2 Å². The van der Waals surface area contributed by atoms with Gasteiger partial charge in [-0.15, -0.1) is 0 Å². The lowest BCUT2D eigenvalue weighted by Crippen LogP contribution is -2.41. The third kappa shape index (κ3) is 3.04. The standard InChI is InChI=1S/C15H22N4S/c1-11(19-7-3-2-4-8-19)10-17-15-18-13-6-5-12(16)9-14(13)20-15/h5-6,9,11H,2-4,7-8,10,16H2,1H3,(H,17,18). The first-order chi connectivity index (χ1) is 9.72. The van der Waals surface area contributed by atoms with Gasteiger partial charge in [0, 0.05) is 18.3 Å². The number of aromatic nitrogens is 1. The van der Waals surface area contributed by atoms with Crippen molar-refractivity contribution < 1.29 is 0 Å². The Balaban J connectivity index is 1.61. The van der Waals surface area contributed by atoms with Crippen molar-refractivity contribution in [2.24, 2.45) is 0 Å². The zero-order valence-corrected chi connectivity index (χ0v) is 12.7. The number of hydrogen-bond acceptors (Lipinski definition) is 5. The third-order valence-electron chi connectivity index (χ3n) is 3.98. The summed E-state index contributed by atoms with van der Waals surface area (Å²) in [5, 5.41) is 4.47. The molecule has 1 aliphatic rings. The molecule has 0 amide bonds. The van der Waals surface area contributed by atoms with Gasteiger partial charge in [0.15, 0.2) is 5.13 Å². The van der Waals surface area contributed by atoms with E-state index in [0.29, 0.717) is 6.04 Å². The number of nitrogen functional groups attached to an aromatic ring is 1. The van der Waals surface area contributed by atoms with Crippen LogP contribution < -0.4 is 11.1 Å². The Morgan fingerprint density at radius 3 is 2.95 bits per heavy atom. The Morgan fingerprint density at radius 1 is 1.35 bits per heavy atom. The van der Waals surface area contributed by atoms with E-state index >= 15 is 0 Å². The largest absolute Gasteiger partial charge is 0.399 e. The van der Waals surface area contributed by atoms with E-state index in [0.717, 1.165) is 27.6 Å². The van der Waals surface area contributed by atoms with Crippen molar-refractivity contribution in [2.75, 3.05) is 30.7 Å². The number of nitrogens with two attached hydrogens (primary N) is 1. The van der Waals surface area contributed by atoms with Gasteiger partial charge in [-0.2, -0.15) is 0 Å². The lowest BCUT2D eigenvalue weighted by Gasteiger charge is -2.32. The van der Waals surface area contributed by atoms with E-state index in [2.05, 4.69) is 22.1 Å². The summed E-state index contributed by atoms with van der Waals surface area (Å²) in [4.78, 5) is 7.18. The number of fused-ring (bicyclic) bond motifs is 1. The van der Waals surface area contributed by atoms with Crippen LogP contribution in [0.1, 0.15) is 26.2 Å². The molecule has 3 rings (SSSR count). The van der Waals surface area contributed by atoms with Gasteiger partial charge < -0.3 is 11.1 Å². The number of rotatable bonds is 4. The smallest absolute Gasteiger partial charge is 0.183 e. The summed E-state index contributed by atoms with van der Waals surface area (Å²) < 4.78 is 1.15. The highest BCUT2D eigenvalue weighted by molar-refractivity contribution is 7.22. The molecule has 3 N–H and O–H groups in total. The third-order valence-corrected chi connectivity index (χ3v) is 4.95. The van der Waals surface area contributed by atoms with Crippen LogP contribution in [0.3, 0.4) is 0 Å². The highest BCUT2D eigenvalue weighted by atomic mass is 32.1. The highest BCUT2D eigenvalue weighted by Gasteiger charge is 2.16. The van der Waals surface area contributed by atoms with Crippen molar-refractivity contribution in [1.82, 2.24) is 9.88 Å². The molecule has 1 saturated heterocycles. The first kappa shape index (κ1) is 13.6. The fraction of sp³-hybridized carbons (Fsp3) is 0.533. The van der Waals surface area contributed by atoms with Crippen LogP contribution in [0.5, 0.6) is 0 Å². The van der Waals surface area contributed by atoms with E-state index in [-0.39, 0.29) is 0 Å². The zero-order chi connectivity index (χ0) is 13.9. The van der Waals surface area contributed by atoms with E-state index in [1.54, 1.807) is 11.3 Å². The molecule has 1 aliphatic heterocycles. The van der Waals surface area contributed by atoms with Gasteiger partial charge in [-0.25, -0.2) is 4.98 Å². The minimum Gasteiger partial charge on any atom is -0.399 e. The molecule has 2 aromatic rings. The van der Waals surface area contributed by atoms with Gasteiger partial charge in [0.2, 0.25) is 0 Å². The average Bonchev–Trinajstić information content (AvgIpc) is 2.87. The maximum absolute atomic E-state index is 5.80. The first-order valence-electron chi connectivity index (χ1n) is 7.36. The summed E-state index contributed by atoms with van der Waals surface area (Å²) in [5.41, 5.74) is 7.63. The number of nitrogens with zero attached hydrogens (tertiary/aromatic N) is 2. The van der Waals surface area contributed by atoms with Crippen LogP contribution in [0, 0.1) is 0 Å². The minimum absolute atomic E-state index is 0.562. The molecule has 1 aromatic carbocycles. The maximum atomic E-state index is 5.80. The van der Waals surface area contributed by atoms with Gasteiger partial charge in [-0.05, 0) is 51.1 Å². The molecule has 1 aromatic heterocycles. The van der Waals surface area contributed by atoms with Crippen LogP contribution in [0.2, 0.25) is 0 Å². The molecule has 0 saturated carbocycles. The molecule has 1 atom stereocenters. The Labute approximate surface area is 124 Å². The summed E-state index contributed by atoms with van der Waals surface area (Å²) in [5.74, 6) is 0. The van der Waals surface area contributed by atoms with Gasteiger partial charge >= 0.3 is 0 Å². The fourth-order valence-corrected chi connectivity index (χ4v) is 3.66. The van der Waals surface area contributed by atoms with E-state index in [9.17, 15) is 0 Å². The van der Waals surface area contributed by atoms with Crippen LogP contribution in [-0.4, -0.2) is 35.6 Å². The quantitative estimate of drug-likeness (QED) is 0.849. The van der Waals surface area contributed by atoms with Crippen molar-refractivity contribution in [3.05, 3.63) is 18.2 Å². The van der Waals surface area contributed by atoms with E-state index in [1.807, 2.05) is 18.2 Å². The highest BCUT2D eigenvalue weighted by Crippen LogP contribution is 2.27. The van der Waals surface area contributed by atoms with Crippen molar-refractivity contribution >= 4 is 32.4 Å². The summed E-state index contributed by atoms with van der Waals surface area (Å²) in [7, 11) is 0. The molecule has 5 heteroatoms. The van der Waals surface area contributed by atoms with Crippen LogP contribution >= 0.6 is 11.3 Å². The van der Waals surface area contributed by atoms with E-state index in [1.165, 1.54) is 32.4 Å². The molecule has 1 unspecified atom stereocenters. The lowest BCUT2D eigenvalue weighted by molar-refractivity contribution is 0.180. The number of nitrogens with one attached hydrogen (secondary N) is 1. The monoisotopic (exact) mass is 290 g/mol. The van der Waals surface area contributed by atoms with Crippen LogP contribution in [0.25, 0.3) is 10.2 Å². The Kier molecular flexibility index (Phi) is 4.08. The first-order valence-corrected chi connectivity index (χ1v) is 8.18. The fourth-order valence-electron chi connectivity index (χ4n) is 2.74. The molecule has 0 spiro atoms. The molecule has 0 radical (unpaired) electrons. The van der Waals surface area contributed by atoms with Crippen LogP contribution in [0.15, 0.2) is 18.2 Å². The van der Waals surface area contributed by atoms with Gasteiger partial charge in [0.1, 0.15) is 0 Å². The lowest BCUT2D eigenvalue weighted by atomic mass is 10.1. The number of piperidine rings is 1. The number of hydrogen-bond donors (Lipinski definition) is 2. The zero-order valence-electron chi connectivity index (χ0n) is 11.9. The van der Waals surface area contributed by atoms with Crippen LogP contribution in [-0.2, 0) is 0 Å². The normalized spacial score (nSPS) is 18.2. The van der Waals surface area contributed by atoms with Crippen molar-refractivity contribution in [2.45, 2.75) is 32.2 Å². The Bertz CT molecular complexity index is 574. The van der Waals surface area contributed by atoms with Crippen LogP contribution in [0.4, 0.5) is 10.8 Å². The number of thiazole rings is 1. The second-order valence-electron chi connectivity index (χ2n) is 5.57. The van der Waals surface area contributed by atoms with Crippen molar-refractivity contribution in [3.8, 4) is 0 Å². The summed E-state index contributed by atoms with van der Waals surface area (Å²) in [6.45, 7) is 5.72. The number of benzene rings is 1. The van der Waals surface area contributed by atoms with E-state index in [4.69, 9.17) is 5.73 Å². The van der Waals surface area contributed by atoms with Gasteiger partial charge in [-0.3, -0.25) is 4.90 Å². The predicted molar refractivity (Wildman–Crippen MR) is 87.4 cm³/mol. The average molecular weight is 290 g/mol. The molecule has 20 heavy (non-hydrogen) atoms. The van der Waals surface area contributed by atoms with Crippen molar-refractivity contribution in [3.63, 3.8) is 0 Å². The molecule has 2 heterocycles. The molecule has 108 valence electrons. The number of likely N-dealkylation sites (tertiary alicyclic amines) is 1. The Morgan fingerprint density at radius 2 is 2.15 bits per heavy atom. The Hall–Kier alpha value is -1.33. The summed E-state index contributed by atoms with van der Waals surface area (Å²) in [6.07, 6.45) is 4.06. The molecular weight excluding hydrogens is 268 g/mol. The molecule has 4 nitrogen and oxygen atoms in total. The second kappa shape index (κ2) is 5.97. The molecule has 0 aliphatic carbocycles. The van der Waals surface area contributed by atoms with E-state index < -0.39 is 0 Å². The minimum atomic E-state index is 0.562. The molecule has 1 fully saturated rings. The predicted octanol–water partition coefficient (Wildman–Crippen LogP) is 3.16. The topological polar surface area (TPSA) is 54.2 Å². The summed E-state index contributed by atoms with van der Waals surface area (Å²) in [6, 6.07) is 6.45. The SMILES string of the molecule is CC(CNc1nc2ccc(N)cc2s1)N1CCCCC1. The maximum Gasteiger partial charge on any atom is 0.183 e. The number of anilines is 2. The van der Waals surface area contributed by atoms with Gasteiger partial charge in [-0.1, -0.05) is 17.8 Å². The molecule has 0 bridgehead atoms. The van der Waals surface area contributed by atoms with Gasteiger partial charge in [0.25, 0.3) is 0 Å².